The molecule has 1 N–H and O–H groups in total. The molecule has 0 unspecified atom stereocenters. The Morgan fingerprint density at radius 1 is 1.10 bits per heavy atom. The van der Waals surface area contributed by atoms with Crippen LogP contribution < -0.4 is 19.7 Å². The third-order valence-corrected chi connectivity index (χ3v) is 5.05. The second-order valence-electron chi connectivity index (χ2n) is 7.15. The van der Waals surface area contributed by atoms with E-state index >= 15 is 0 Å². The maximum Gasteiger partial charge on any atom is 0.416 e. The molecule has 0 spiro atoms. The molecule has 4 rings (SSSR count). The Balaban J connectivity index is 1.39. The van der Waals surface area contributed by atoms with E-state index < -0.39 is 17.7 Å². The Labute approximate surface area is 170 Å². The van der Waals surface area contributed by atoms with Gasteiger partial charge in [-0.15, -0.1) is 0 Å². The van der Waals surface area contributed by atoms with E-state index in [4.69, 9.17) is 9.47 Å². The highest BCUT2D eigenvalue weighted by Gasteiger charge is 2.35. The van der Waals surface area contributed by atoms with Gasteiger partial charge in [0, 0.05) is 31.3 Å². The highest BCUT2D eigenvalue weighted by Crippen LogP contribution is 2.36. The van der Waals surface area contributed by atoms with E-state index in [2.05, 4.69) is 5.32 Å². The average molecular weight is 420 g/mol. The summed E-state index contributed by atoms with van der Waals surface area (Å²) >= 11 is 0. The number of carbonyl (C=O) groups excluding carboxylic acids is 2. The lowest BCUT2D eigenvalue weighted by Crippen LogP contribution is -2.32. The van der Waals surface area contributed by atoms with Crippen molar-refractivity contribution in [2.45, 2.75) is 19.1 Å². The maximum atomic E-state index is 12.8. The van der Waals surface area contributed by atoms with Gasteiger partial charge in [0.2, 0.25) is 11.8 Å². The van der Waals surface area contributed by atoms with Crippen LogP contribution >= 0.6 is 0 Å². The fraction of sp³-hybridized carbons (Fsp3) is 0.333. The number of rotatable bonds is 4. The SMILES string of the molecule is O=C(NCc1cccc(C(F)(F)F)c1)[C@H]1CC(=O)N(c2ccc3c(c2)OCCO3)C1. The van der Waals surface area contributed by atoms with Crippen molar-refractivity contribution in [3.63, 3.8) is 0 Å². The minimum absolute atomic E-state index is 0.0306. The number of nitrogens with zero attached hydrogens (tertiary/aromatic N) is 1. The van der Waals surface area contributed by atoms with Gasteiger partial charge < -0.3 is 19.7 Å². The van der Waals surface area contributed by atoms with Crippen LogP contribution in [0.3, 0.4) is 0 Å². The molecule has 2 heterocycles. The second kappa shape index (κ2) is 7.89. The van der Waals surface area contributed by atoms with Gasteiger partial charge in [-0.2, -0.15) is 13.2 Å². The number of nitrogens with one attached hydrogen (secondary N) is 1. The van der Waals surface area contributed by atoms with E-state index in [0.717, 1.165) is 12.1 Å². The third kappa shape index (κ3) is 4.19. The molecule has 6 nitrogen and oxygen atoms in total. The molecular weight excluding hydrogens is 401 g/mol. The minimum atomic E-state index is -4.44. The number of benzene rings is 2. The molecule has 2 aliphatic heterocycles. The third-order valence-electron chi connectivity index (χ3n) is 5.05. The van der Waals surface area contributed by atoms with E-state index in [0.29, 0.717) is 36.0 Å². The summed E-state index contributed by atoms with van der Waals surface area (Å²) < 4.78 is 49.5. The van der Waals surface area contributed by atoms with Gasteiger partial charge in [0.25, 0.3) is 0 Å². The fourth-order valence-corrected chi connectivity index (χ4v) is 3.52. The molecule has 0 radical (unpaired) electrons. The molecular formula is C21H19F3N2O4. The van der Waals surface area contributed by atoms with Crippen LogP contribution in [0.15, 0.2) is 42.5 Å². The van der Waals surface area contributed by atoms with Crippen LogP contribution in [-0.4, -0.2) is 31.6 Å². The van der Waals surface area contributed by atoms with Crippen molar-refractivity contribution in [2.24, 2.45) is 5.92 Å². The van der Waals surface area contributed by atoms with Gasteiger partial charge in [-0.05, 0) is 29.8 Å². The molecule has 2 aromatic rings. The van der Waals surface area contributed by atoms with Gasteiger partial charge >= 0.3 is 6.18 Å². The van der Waals surface area contributed by atoms with Crippen molar-refractivity contribution in [2.75, 3.05) is 24.7 Å². The van der Waals surface area contributed by atoms with Gasteiger partial charge in [0.05, 0.1) is 11.5 Å². The largest absolute Gasteiger partial charge is 0.486 e. The van der Waals surface area contributed by atoms with Gasteiger partial charge in [0.1, 0.15) is 13.2 Å². The Morgan fingerprint density at radius 3 is 2.63 bits per heavy atom. The summed E-state index contributed by atoms with van der Waals surface area (Å²) in [4.78, 5) is 26.4. The maximum absolute atomic E-state index is 12.8. The number of ether oxygens (including phenoxy) is 2. The van der Waals surface area contributed by atoms with Crippen molar-refractivity contribution in [1.29, 1.82) is 0 Å². The molecule has 30 heavy (non-hydrogen) atoms. The summed E-state index contributed by atoms with van der Waals surface area (Å²) in [5.41, 5.74) is 0.179. The lowest BCUT2D eigenvalue weighted by atomic mass is 10.1. The van der Waals surface area contributed by atoms with Gasteiger partial charge in [0.15, 0.2) is 11.5 Å². The standard InChI is InChI=1S/C21H19F3N2O4/c22-21(23,24)15-3-1-2-13(8-15)11-25-20(28)14-9-19(27)26(12-14)16-4-5-17-18(10-16)30-7-6-29-17/h1-5,8,10,14H,6-7,9,11-12H2,(H,25,28)/t14-/m0/s1. The average Bonchev–Trinajstić information content (AvgIpc) is 3.13. The van der Waals surface area contributed by atoms with Crippen LogP contribution in [0.25, 0.3) is 0 Å². The summed E-state index contributed by atoms with van der Waals surface area (Å²) in [7, 11) is 0. The lowest BCUT2D eigenvalue weighted by Gasteiger charge is -2.22. The molecule has 2 aliphatic rings. The van der Waals surface area contributed by atoms with E-state index in [1.54, 1.807) is 18.2 Å². The summed E-state index contributed by atoms with van der Waals surface area (Å²) in [6.45, 7) is 1.03. The molecule has 0 saturated carbocycles. The zero-order valence-electron chi connectivity index (χ0n) is 15.9. The summed E-state index contributed by atoms with van der Waals surface area (Å²) in [5, 5.41) is 2.63. The van der Waals surface area contributed by atoms with Crippen LogP contribution in [0, 0.1) is 5.92 Å². The number of anilines is 1. The lowest BCUT2D eigenvalue weighted by molar-refractivity contribution is -0.137. The Hall–Kier alpha value is -3.23. The molecule has 2 amide bonds. The van der Waals surface area contributed by atoms with E-state index in [1.807, 2.05) is 0 Å². The van der Waals surface area contributed by atoms with Crippen molar-refractivity contribution in [1.82, 2.24) is 5.32 Å². The Bertz CT molecular complexity index is 977. The molecule has 1 atom stereocenters. The highest BCUT2D eigenvalue weighted by molar-refractivity contribution is 6.00. The monoisotopic (exact) mass is 420 g/mol. The summed E-state index contributed by atoms with van der Waals surface area (Å²) in [6.07, 6.45) is -4.41. The molecule has 1 saturated heterocycles. The molecule has 1 fully saturated rings. The molecule has 0 bridgehead atoms. The Morgan fingerprint density at radius 2 is 1.87 bits per heavy atom. The Kier molecular flexibility index (Phi) is 5.27. The van der Waals surface area contributed by atoms with Crippen LogP contribution in [0.1, 0.15) is 17.5 Å². The zero-order valence-corrected chi connectivity index (χ0v) is 15.9. The molecule has 0 aromatic heterocycles. The van der Waals surface area contributed by atoms with Crippen LogP contribution in [0.5, 0.6) is 11.5 Å². The number of hydrogen-bond donors (Lipinski definition) is 1. The van der Waals surface area contributed by atoms with E-state index in [1.165, 1.54) is 17.0 Å². The molecule has 0 aliphatic carbocycles. The van der Waals surface area contributed by atoms with Crippen molar-refractivity contribution in [3.05, 3.63) is 53.6 Å². The van der Waals surface area contributed by atoms with Gasteiger partial charge in [-0.25, -0.2) is 0 Å². The van der Waals surface area contributed by atoms with Crippen LogP contribution in [0.2, 0.25) is 0 Å². The number of amides is 2. The summed E-state index contributed by atoms with van der Waals surface area (Å²) in [5.74, 6) is -0.0146. The molecule has 9 heteroatoms. The van der Waals surface area contributed by atoms with Crippen molar-refractivity contribution < 1.29 is 32.2 Å². The van der Waals surface area contributed by atoms with Gasteiger partial charge in [-0.3, -0.25) is 9.59 Å². The zero-order chi connectivity index (χ0) is 21.3. The summed E-state index contributed by atoms with van der Waals surface area (Å²) in [6, 6.07) is 9.94. The predicted molar refractivity (Wildman–Crippen MR) is 101 cm³/mol. The number of alkyl halides is 3. The van der Waals surface area contributed by atoms with Crippen LogP contribution in [0.4, 0.5) is 18.9 Å². The van der Waals surface area contributed by atoms with Crippen molar-refractivity contribution in [3.8, 4) is 11.5 Å². The number of carbonyl (C=O) groups is 2. The first-order chi connectivity index (χ1) is 14.3. The first kappa shape index (κ1) is 20.1. The smallest absolute Gasteiger partial charge is 0.416 e. The topological polar surface area (TPSA) is 67.9 Å². The molecule has 2 aromatic carbocycles. The quantitative estimate of drug-likeness (QED) is 0.825. The van der Waals surface area contributed by atoms with E-state index in [-0.39, 0.29) is 31.3 Å². The van der Waals surface area contributed by atoms with Gasteiger partial charge in [-0.1, -0.05) is 12.1 Å². The molecule has 158 valence electrons. The number of fused-ring (bicyclic) bond motifs is 1. The second-order valence-corrected chi connectivity index (χ2v) is 7.15. The number of halogens is 3. The first-order valence-electron chi connectivity index (χ1n) is 9.45. The minimum Gasteiger partial charge on any atom is -0.486 e. The normalized spacial score (nSPS) is 18.4. The predicted octanol–water partition coefficient (Wildman–Crippen LogP) is 3.15. The number of hydrogen-bond acceptors (Lipinski definition) is 4. The highest BCUT2D eigenvalue weighted by atomic mass is 19.4. The fourth-order valence-electron chi connectivity index (χ4n) is 3.52. The van der Waals surface area contributed by atoms with Crippen LogP contribution in [-0.2, 0) is 22.3 Å². The van der Waals surface area contributed by atoms with Crippen molar-refractivity contribution >= 4 is 17.5 Å². The van der Waals surface area contributed by atoms with E-state index in [9.17, 15) is 22.8 Å². The first-order valence-corrected chi connectivity index (χ1v) is 9.45.